The van der Waals surface area contributed by atoms with Gasteiger partial charge >= 0.3 is 5.97 Å². The fourth-order valence-corrected chi connectivity index (χ4v) is 2.87. The van der Waals surface area contributed by atoms with Crippen molar-refractivity contribution in [3.63, 3.8) is 0 Å². The molecule has 0 amide bonds. The van der Waals surface area contributed by atoms with E-state index < -0.39 is 5.97 Å². The standard InChI is InChI=1S/C12H15N5O2/c13-11-10-12(15-5-14-11)17(6-16-10)8-2-1-7(3-8)4-9(18)19/h5-8H,1-4H2,(H,18,19)(H2,13,14,15). The molecule has 7 heteroatoms. The molecule has 3 rings (SSSR count). The van der Waals surface area contributed by atoms with Gasteiger partial charge in [-0.1, -0.05) is 0 Å². The molecular formula is C12H15N5O2. The molecule has 100 valence electrons. The zero-order valence-electron chi connectivity index (χ0n) is 10.4. The molecule has 0 radical (unpaired) electrons. The molecule has 0 spiro atoms. The van der Waals surface area contributed by atoms with Crippen LogP contribution in [0.1, 0.15) is 31.7 Å². The van der Waals surface area contributed by atoms with Crippen LogP contribution in [-0.2, 0) is 4.79 Å². The van der Waals surface area contributed by atoms with Crippen LogP contribution in [0.25, 0.3) is 11.2 Å². The van der Waals surface area contributed by atoms with Crippen molar-refractivity contribution in [2.24, 2.45) is 5.92 Å². The molecule has 0 aromatic carbocycles. The van der Waals surface area contributed by atoms with Gasteiger partial charge < -0.3 is 15.4 Å². The van der Waals surface area contributed by atoms with Gasteiger partial charge in [0.05, 0.1) is 6.33 Å². The summed E-state index contributed by atoms with van der Waals surface area (Å²) in [5.41, 5.74) is 7.10. The highest BCUT2D eigenvalue weighted by Gasteiger charge is 2.28. The number of hydrogen-bond acceptors (Lipinski definition) is 5. The lowest BCUT2D eigenvalue weighted by molar-refractivity contribution is -0.138. The number of carbonyl (C=O) groups is 1. The SMILES string of the molecule is Nc1ncnc2c1ncn2C1CCC(CC(=O)O)C1. The van der Waals surface area contributed by atoms with Gasteiger partial charge in [0, 0.05) is 12.5 Å². The summed E-state index contributed by atoms with van der Waals surface area (Å²) in [6.07, 6.45) is 6.12. The Bertz CT molecular complexity index is 624. The number of imidazole rings is 1. The highest BCUT2D eigenvalue weighted by atomic mass is 16.4. The van der Waals surface area contributed by atoms with E-state index in [4.69, 9.17) is 10.8 Å². The van der Waals surface area contributed by atoms with Crippen molar-refractivity contribution in [2.75, 3.05) is 5.73 Å². The minimum Gasteiger partial charge on any atom is -0.481 e. The highest BCUT2D eigenvalue weighted by molar-refractivity contribution is 5.81. The Morgan fingerprint density at radius 1 is 1.42 bits per heavy atom. The molecule has 0 aliphatic heterocycles. The molecule has 2 aromatic rings. The van der Waals surface area contributed by atoms with Crippen LogP contribution >= 0.6 is 0 Å². The molecule has 1 saturated carbocycles. The van der Waals surface area contributed by atoms with Crippen molar-refractivity contribution in [3.05, 3.63) is 12.7 Å². The summed E-state index contributed by atoms with van der Waals surface area (Å²) >= 11 is 0. The van der Waals surface area contributed by atoms with E-state index in [1.165, 1.54) is 6.33 Å². The van der Waals surface area contributed by atoms with Crippen molar-refractivity contribution in [2.45, 2.75) is 31.7 Å². The van der Waals surface area contributed by atoms with Gasteiger partial charge in [-0.2, -0.15) is 0 Å². The van der Waals surface area contributed by atoms with Crippen LogP contribution in [0, 0.1) is 5.92 Å². The zero-order valence-corrected chi connectivity index (χ0v) is 10.4. The first-order valence-electron chi connectivity index (χ1n) is 6.30. The molecule has 1 aliphatic rings. The van der Waals surface area contributed by atoms with Crippen molar-refractivity contribution in [3.8, 4) is 0 Å². The number of carboxylic acids is 1. The Balaban J connectivity index is 1.86. The maximum atomic E-state index is 10.7. The van der Waals surface area contributed by atoms with Gasteiger partial charge in [0.1, 0.15) is 11.8 Å². The Kier molecular flexibility index (Phi) is 2.81. The predicted molar refractivity (Wildman–Crippen MR) is 68.4 cm³/mol. The smallest absolute Gasteiger partial charge is 0.303 e. The molecule has 0 saturated heterocycles. The van der Waals surface area contributed by atoms with Gasteiger partial charge in [0.25, 0.3) is 0 Å². The van der Waals surface area contributed by atoms with Crippen LogP contribution in [0.15, 0.2) is 12.7 Å². The van der Waals surface area contributed by atoms with Crippen LogP contribution in [0.2, 0.25) is 0 Å². The van der Waals surface area contributed by atoms with Crippen molar-refractivity contribution >= 4 is 23.0 Å². The lowest BCUT2D eigenvalue weighted by Crippen LogP contribution is -2.08. The molecule has 2 aromatic heterocycles. The maximum Gasteiger partial charge on any atom is 0.303 e. The molecule has 1 aliphatic carbocycles. The number of carboxylic acid groups (broad SMARTS) is 1. The summed E-state index contributed by atoms with van der Waals surface area (Å²) in [5, 5.41) is 8.84. The number of hydrogen-bond donors (Lipinski definition) is 2. The Labute approximate surface area is 109 Å². The van der Waals surface area contributed by atoms with E-state index >= 15 is 0 Å². The lowest BCUT2D eigenvalue weighted by Gasteiger charge is -2.12. The summed E-state index contributed by atoms with van der Waals surface area (Å²) in [6, 6.07) is 0.253. The molecule has 7 nitrogen and oxygen atoms in total. The quantitative estimate of drug-likeness (QED) is 0.860. The van der Waals surface area contributed by atoms with E-state index in [0.29, 0.717) is 11.3 Å². The van der Waals surface area contributed by atoms with Gasteiger partial charge in [-0.3, -0.25) is 4.79 Å². The van der Waals surface area contributed by atoms with E-state index in [1.807, 2.05) is 4.57 Å². The Morgan fingerprint density at radius 2 is 2.26 bits per heavy atom. The summed E-state index contributed by atoms with van der Waals surface area (Å²) in [7, 11) is 0. The lowest BCUT2D eigenvalue weighted by atomic mass is 10.0. The highest BCUT2D eigenvalue weighted by Crippen LogP contribution is 2.37. The first-order chi connectivity index (χ1) is 9.15. The molecule has 2 unspecified atom stereocenters. The number of fused-ring (bicyclic) bond motifs is 1. The third-order valence-corrected chi connectivity index (χ3v) is 3.76. The fraction of sp³-hybridized carbons (Fsp3) is 0.500. The summed E-state index contributed by atoms with van der Waals surface area (Å²) in [5.74, 6) is -0.115. The molecule has 19 heavy (non-hydrogen) atoms. The van der Waals surface area contributed by atoms with Crippen LogP contribution in [-0.4, -0.2) is 30.6 Å². The second kappa shape index (κ2) is 4.49. The van der Waals surface area contributed by atoms with Gasteiger partial charge in [-0.15, -0.1) is 0 Å². The van der Waals surface area contributed by atoms with E-state index in [0.717, 1.165) is 24.9 Å². The third-order valence-electron chi connectivity index (χ3n) is 3.76. The molecule has 0 bridgehead atoms. The molecule has 2 atom stereocenters. The van der Waals surface area contributed by atoms with Gasteiger partial charge in [0.15, 0.2) is 11.5 Å². The van der Waals surface area contributed by atoms with Crippen LogP contribution in [0.3, 0.4) is 0 Å². The number of anilines is 1. The first-order valence-corrected chi connectivity index (χ1v) is 6.30. The second-order valence-electron chi connectivity index (χ2n) is 5.01. The number of nitrogens with zero attached hydrogens (tertiary/aromatic N) is 4. The predicted octanol–water partition coefficient (Wildman–Crippen LogP) is 1.22. The van der Waals surface area contributed by atoms with Crippen LogP contribution in [0.4, 0.5) is 5.82 Å². The summed E-state index contributed by atoms with van der Waals surface area (Å²) in [4.78, 5) is 23.1. The minimum absolute atomic E-state index is 0.235. The fourth-order valence-electron chi connectivity index (χ4n) is 2.87. The van der Waals surface area contributed by atoms with Crippen molar-refractivity contribution in [1.29, 1.82) is 0 Å². The monoisotopic (exact) mass is 261 g/mol. The average molecular weight is 261 g/mol. The van der Waals surface area contributed by atoms with Crippen LogP contribution < -0.4 is 5.73 Å². The number of rotatable bonds is 3. The largest absolute Gasteiger partial charge is 0.481 e. The summed E-state index contributed by atoms with van der Waals surface area (Å²) in [6.45, 7) is 0. The Hall–Kier alpha value is -2.18. The van der Waals surface area contributed by atoms with E-state index in [1.54, 1.807) is 6.33 Å². The first kappa shape index (κ1) is 11.9. The van der Waals surface area contributed by atoms with Crippen molar-refractivity contribution in [1.82, 2.24) is 19.5 Å². The molecule has 1 fully saturated rings. The van der Waals surface area contributed by atoms with E-state index in [9.17, 15) is 4.79 Å². The minimum atomic E-state index is -0.729. The van der Waals surface area contributed by atoms with E-state index in [2.05, 4.69) is 15.0 Å². The van der Waals surface area contributed by atoms with Crippen LogP contribution in [0.5, 0.6) is 0 Å². The number of nitrogens with two attached hydrogens (primary N) is 1. The average Bonchev–Trinajstić information content (AvgIpc) is 2.95. The van der Waals surface area contributed by atoms with Crippen molar-refractivity contribution < 1.29 is 9.90 Å². The van der Waals surface area contributed by atoms with E-state index in [-0.39, 0.29) is 18.4 Å². The second-order valence-corrected chi connectivity index (χ2v) is 5.01. The number of aromatic nitrogens is 4. The Morgan fingerprint density at radius 3 is 3.05 bits per heavy atom. The summed E-state index contributed by atoms with van der Waals surface area (Å²) < 4.78 is 2.00. The van der Waals surface area contributed by atoms with Gasteiger partial charge in [0.2, 0.25) is 0 Å². The number of aliphatic carboxylic acids is 1. The topological polar surface area (TPSA) is 107 Å². The normalized spacial score (nSPS) is 22.9. The third kappa shape index (κ3) is 2.11. The number of nitrogen functional groups attached to an aromatic ring is 1. The zero-order chi connectivity index (χ0) is 13.4. The molecular weight excluding hydrogens is 246 g/mol. The van der Waals surface area contributed by atoms with Gasteiger partial charge in [-0.25, -0.2) is 15.0 Å². The van der Waals surface area contributed by atoms with Gasteiger partial charge in [-0.05, 0) is 25.2 Å². The molecule has 2 heterocycles. The molecule has 3 N–H and O–H groups in total. The maximum absolute atomic E-state index is 10.7.